The van der Waals surface area contributed by atoms with Crippen LogP contribution in [0.1, 0.15) is 22.3 Å². The fourth-order valence-electron chi connectivity index (χ4n) is 4.60. The summed E-state index contributed by atoms with van der Waals surface area (Å²) in [7, 11) is 0. The molecule has 2 saturated heterocycles. The number of likely N-dealkylation sites (tertiary alicyclic amines) is 1. The van der Waals surface area contributed by atoms with Gasteiger partial charge in [0.2, 0.25) is 5.95 Å². The Labute approximate surface area is 180 Å². The van der Waals surface area contributed by atoms with Crippen molar-refractivity contribution in [2.45, 2.75) is 13.0 Å². The first-order chi connectivity index (χ1) is 14.2. The monoisotopic (exact) mass is 426 g/mol. The Hall–Kier alpha value is -2.81. The number of carbonyl (C=O) groups is 1. The Morgan fingerprint density at radius 1 is 1.13 bits per heavy atom. The van der Waals surface area contributed by atoms with Crippen molar-refractivity contribution in [3.05, 3.63) is 60.2 Å². The lowest BCUT2D eigenvalue weighted by Gasteiger charge is -2.48. The summed E-state index contributed by atoms with van der Waals surface area (Å²) >= 11 is 0. The van der Waals surface area contributed by atoms with Gasteiger partial charge in [-0.05, 0) is 23.4 Å². The summed E-state index contributed by atoms with van der Waals surface area (Å²) in [5.41, 5.74) is 3.44. The number of carbonyl (C=O) groups excluding carboxylic acids is 1. The fraction of sp³-hybridized carbons (Fsp3) is 0.333. The van der Waals surface area contributed by atoms with Crippen molar-refractivity contribution in [3.63, 3.8) is 0 Å². The molecule has 2 aliphatic rings. The van der Waals surface area contributed by atoms with Crippen molar-refractivity contribution in [1.29, 1.82) is 0 Å². The molecule has 2 N–H and O–H groups in total. The number of benzene rings is 1. The van der Waals surface area contributed by atoms with E-state index >= 15 is 0 Å². The average Bonchev–Trinajstić information content (AvgIpc) is 3.19. The number of nitrogens with one attached hydrogen (secondary N) is 1. The lowest BCUT2D eigenvalue weighted by molar-refractivity contribution is 0.0119. The van der Waals surface area contributed by atoms with E-state index in [4.69, 9.17) is 5.21 Å². The van der Waals surface area contributed by atoms with Gasteiger partial charge in [-0.3, -0.25) is 19.9 Å². The van der Waals surface area contributed by atoms with Crippen LogP contribution >= 0.6 is 12.4 Å². The molecule has 1 amide bonds. The maximum absolute atomic E-state index is 11.4. The third-order valence-corrected chi connectivity index (χ3v) is 6.01. The van der Waals surface area contributed by atoms with Crippen LogP contribution in [-0.4, -0.2) is 57.1 Å². The molecule has 1 spiro atoms. The number of hydroxylamine groups is 1. The molecule has 0 radical (unpaired) electrons. The van der Waals surface area contributed by atoms with Crippen LogP contribution in [0.4, 0.5) is 5.95 Å². The molecule has 9 heteroatoms. The highest BCUT2D eigenvalue weighted by molar-refractivity contribution is 5.92. The number of fused-ring (bicyclic) bond motifs is 1. The summed E-state index contributed by atoms with van der Waals surface area (Å²) in [6.07, 6.45) is 7.79. The second-order valence-electron chi connectivity index (χ2n) is 8.04. The molecule has 0 bridgehead atoms. The minimum Gasteiger partial charge on any atom is -0.340 e. The first-order valence-electron chi connectivity index (χ1n) is 9.71. The topological polar surface area (TPSA) is 94.5 Å². The largest absolute Gasteiger partial charge is 0.340 e. The fourth-order valence-corrected chi connectivity index (χ4v) is 4.60. The van der Waals surface area contributed by atoms with Crippen LogP contribution in [0.5, 0.6) is 0 Å². The third kappa shape index (κ3) is 3.69. The van der Waals surface area contributed by atoms with Crippen LogP contribution in [0.15, 0.2) is 49.1 Å². The van der Waals surface area contributed by atoms with Crippen LogP contribution in [-0.2, 0) is 6.54 Å². The van der Waals surface area contributed by atoms with Gasteiger partial charge in [-0.1, -0.05) is 18.2 Å². The number of hydrogen-bond acceptors (Lipinski definition) is 7. The zero-order valence-corrected chi connectivity index (χ0v) is 17.2. The number of rotatable bonds is 4. The predicted molar refractivity (Wildman–Crippen MR) is 115 cm³/mol. The molecule has 2 aromatic heterocycles. The van der Waals surface area contributed by atoms with E-state index in [1.807, 2.05) is 12.4 Å². The maximum Gasteiger partial charge on any atom is 0.277 e. The molecule has 4 heterocycles. The molecule has 2 fully saturated rings. The summed E-state index contributed by atoms with van der Waals surface area (Å²) in [6, 6.07) is 8.49. The van der Waals surface area contributed by atoms with Gasteiger partial charge in [-0.15, -0.1) is 12.4 Å². The second-order valence-corrected chi connectivity index (χ2v) is 8.04. The quantitative estimate of drug-likeness (QED) is 0.488. The lowest BCUT2D eigenvalue weighted by Crippen LogP contribution is -2.56. The summed E-state index contributed by atoms with van der Waals surface area (Å²) in [5, 5.41) is 11.2. The summed E-state index contributed by atoms with van der Waals surface area (Å²) in [4.78, 5) is 29.0. The second kappa shape index (κ2) is 8.14. The Morgan fingerprint density at radius 3 is 2.70 bits per heavy atom. The van der Waals surface area contributed by atoms with Gasteiger partial charge in [-0.25, -0.2) is 15.4 Å². The zero-order chi connectivity index (χ0) is 19.8. The molecule has 3 aromatic rings. The summed E-state index contributed by atoms with van der Waals surface area (Å²) in [5.74, 6) is 0.0302. The van der Waals surface area contributed by atoms with E-state index < -0.39 is 5.91 Å². The van der Waals surface area contributed by atoms with Gasteiger partial charge in [-0.2, -0.15) is 0 Å². The van der Waals surface area contributed by atoms with Gasteiger partial charge in [0.1, 0.15) is 0 Å². The Morgan fingerprint density at radius 2 is 1.93 bits per heavy atom. The highest BCUT2D eigenvalue weighted by Gasteiger charge is 2.47. The van der Waals surface area contributed by atoms with Crippen LogP contribution < -0.4 is 10.4 Å². The van der Waals surface area contributed by atoms with Gasteiger partial charge in [0, 0.05) is 68.3 Å². The van der Waals surface area contributed by atoms with Gasteiger partial charge in [0.15, 0.2) is 0 Å². The van der Waals surface area contributed by atoms with E-state index in [0.29, 0.717) is 5.95 Å². The highest BCUT2D eigenvalue weighted by Crippen LogP contribution is 2.41. The molecule has 0 saturated carbocycles. The lowest BCUT2D eigenvalue weighted by atomic mass is 9.79. The van der Waals surface area contributed by atoms with Crippen LogP contribution in [0.3, 0.4) is 0 Å². The van der Waals surface area contributed by atoms with Gasteiger partial charge in [0.25, 0.3) is 5.91 Å². The van der Waals surface area contributed by atoms with E-state index in [2.05, 4.69) is 49.0 Å². The Balaban J connectivity index is 0.00000218. The van der Waals surface area contributed by atoms with Crippen LogP contribution in [0.25, 0.3) is 10.8 Å². The molecule has 0 unspecified atom stereocenters. The van der Waals surface area contributed by atoms with E-state index in [1.165, 1.54) is 28.7 Å². The van der Waals surface area contributed by atoms with E-state index in [0.717, 1.165) is 39.1 Å². The summed E-state index contributed by atoms with van der Waals surface area (Å²) in [6.45, 7) is 4.90. The smallest absolute Gasteiger partial charge is 0.277 e. The van der Waals surface area contributed by atoms with Crippen LogP contribution in [0.2, 0.25) is 0 Å². The number of anilines is 1. The number of pyridine rings is 1. The molecule has 5 rings (SSSR count). The van der Waals surface area contributed by atoms with Gasteiger partial charge < -0.3 is 4.90 Å². The van der Waals surface area contributed by atoms with Gasteiger partial charge in [0.05, 0.1) is 5.56 Å². The Kier molecular flexibility index (Phi) is 5.55. The standard InChI is InChI=1S/C21H22N6O2.ClH/c28-19(25-29)17-8-23-20(24-9-17)27-7-5-21(14-27)12-26(13-21)11-16-3-1-2-15-4-6-22-10-18(15)16;/h1-4,6,8-10,29H,5,7,11-14H2,(H,25,28);1H. The molecule has 1 aromatic carbocycles. The number of nitrogens with zero attached hydrogens (tertiary/aromatic N) is 5. The molecule has 0 atom stereocenters. The molecular formula is C21H23ClN6O2. The van der Waals surface area contributed by atoms with E-state index in [-0.39, 0.29) is 23.4 Å². The normalized spacial score (nSPS) is 17.6. The third-order valence-electron chi connectivity index (χ3n) is 6.01. The summed E-state index contributed by atoms with van der Waals surface area (Å²) < 4.78 is 0. The van der Waals surface area contributed by atoms with E-state index in [9.17, 15) is 4.79 Å². The predicted octanol–water partition coefficient (Wildman–Crippen LogP) is 2.28. The first-order valence-corrected chi connectivity index (χ1v) is 9.71. The highest BCUT2D eigenvalue weighted by atomic mass is 35.5. The molecule has 8 nitrogen and oxygen atoms in total. The van der Waals surface area contributed by atoms with Crippen molar-refractivity contribution in [1.82, 2.24) is 25.3 Å². The van der Waals surface area contributed by atoms with Gasteiger partial charge >= 0.3 is 0 Å². The molecule has 30 heavy (non-hydrogen) atoms. The Bertz CT molecular complexity index is 1050. The molecular weight excluding hydrogens is 404 g/mol. The maximum atomic E-state index is 11.4. The molecule has 2 aliphatic heterocycles. The van der Waals surface area contributed by atoms with Crippen molar-refractivity contribution >= 4 is 35.0 Å². The number of amides is 1. The first kappa shape index (κ1) is 20.5. The SMILES string of the molecule is Cl.O=C(NO)c1cnc(N2CCC3(CN(Cc4cccc5ccncc45)C3)C2)nc1. The molecule has 156 valence electrons. The minimum atomic E-state index is -0.604. The zero-order valence-electron chi connectivity index (χ0n) is 16.4. The molecule has 0 aliphatic carbocycles. The van der Waals surface area contributed by atoms with Crippen molar-refractivity contribution in [3.8, 4) is 0 Å². The number of hydrogen-bond donors (Lipinski definition) is 2. The van der Waals surface area contributed by atoms with Crippen LogP contribution in [0, 0.1) is 5.41 Å². The van der Waals surface area contributed by atoms with Crippen molar-refractivity contribution < 1.29 is 10.0 Å². The van der Waals surface area contributed by atoms with E-state index in [1.54, 1.807) is 5.48 Å². The average molecular weight is 427 g/mol. The number of aromatic nitrogens is 3. The van der Waals surface area contributed by atoms with Crippen molar-refractivity contribution in [2.75, 3.05) is 31.1 Å². The van der Waals surface area contributed by atoms with Crippen molar-refractivity contribution in [2.24, 2.45) is 5.41 Å². The number of halogens is 1. The minimum absolute atomic E-state index is 0.